The zero-order valence-corrected chi connectivity index (χ0v) is 10.6. The molecule has 1 aliphatic heterocycles. The Labute approximate surface area is 102 Å². The third kappa shape index (κ3) is 1.83. The Kier molecular flexibility index (Phi) is 2.40. The topological polar surface area (TPSA) is 12.9 Å². The zero-order valence-electron chi connectivity index (χ0n) is 10.6. The summed E-state index contributed by atoms with van der Waals surface area (Å²) >= 11 is 0. The van der Waals surface area contributed by atoms with Gasteiger partial charge in [-0.15, -0.1) is 0 Å². The molecule has 0 unspecified atom stereocenters. The number of nitrogens with zero attached hydrogens (tertiary/aromatic N) is 2. The fourth-order valence-corrected chi connectivity index (χ4v) is 3.07. The van der Waals surface area contributed by atoms with Crippen molar-refractivity contribution in [3.05, 3.63) is 42.1 Å². The molecule has 0 amide bonds. The maximum Gasteiger partial charge on any atom is 0.114 e. The molecule has 3 rings (SSSR count). The van der Waals surface area contributed by atoms with Gasteiger partial charge in [0.2, 0.25) is 0 Å². The second kappa shape index (κ2) is 3.81. The molecule has 1 aliphatic rings. The molecule has 2 heteroatoms. The number of likely N-dealkylation sites (tertiary alicyclic amines) is 1. The molecule has 0 bridgehead atoms. The fraction of sp³-hybridized carbons (Fsp3) is 0.400. The lowest BCUT2D eigenvalue weighted by atomic mass is 10.0. The lowest BCUT2D eigenvalue weighted by Crippen LogP contribution is -2.38. The molecule has 1 fully saturated rings. The minimum Gasteiger partial charge on any atom is -0.322 e. The van der Waals surface area contributed by atoms with Crippen LogP contribution in [0.1, 0.15) is 24.4 Å². The summed E-state index contributed by atoms with van der Waals surface area (Å²) in [6.07, 6.45) is 4.50. The highest BCUT2D eigenvalue weighted by molar-refractivity contribution is 5.79. The molecule has 0 N–H and O–H groups in total. The van der Waals surface area contributed by atoms with Crippen LogP contribution in [0.2, 0.25) is 0 Å². The molecule has 0 spiro atoms. The largest absolute Gasteiger partial charge is 0.322 e. The molecule has 0 saturated carbocycles. The Bertz CT molecular complexity index is 545. The first-order valence-electron chi connectivity index (χ1n) is 6.34. The second-order valence-electron chi connectivity index (χ2n) is 5.62. The summed E-state index contributed by atoms with van der Waals surface area (Å²) in [5.74, 6) is 0. The van der Waals surface area contributed by atoms with Gasteiger partial charge in [-0.25, -0.2) is 0 Å². The van der Waals surface area contributed by atoms with Gasteiger partial charge < -0.3 is 4.48 Å². The summed E-state index contributed by atoms with van der Waals surface area (Å²) in [6.45, 7) is 1.29. The van der Waals surface area contributed by atoms with Gasteiger partial charge in [0.05, 0.1) is 26.2 Å². The maximum absolute atomic E-state index is 4.38. The SMILES string of the molecule is C[N+]1(C)CCC[C@@H]1c1ccc2ncccc2c1. The van der Waals surface area contributed by atoms with Gasteiger partial charge in [-0.05, 0) is 18.2 Å². The minimum atomic E-state index is 0.652. The highest BCUT2D eigenvalue weighted by Crippen LogP contribution is 2.36. The van der Waals surface area contributed by atoms with E-state index >= 15 is 0 Å². The fourth-order valence-electron chi connectivity index (χ4n) is 3.07. The first kappa shape index (κ1) is 10.7. The van der Waals surface area contributed by atoms with E-state index in [1.807, 2.05) is 12.3 Å². The third-order valence-corrected chi connectivity index (χ3v) is 4.07. The van der Waals surface area contributed by atoms with Gasteiger partial charge in [-0.2, -0.15) is 0 Å². The van der Waals surface area contributed by atoms with Crippen molar-refractivity contribution in [2.24, 2.45) is 0 Å². The van der Waals surface area contributed by atoms with E-state index in [4.69, 9.17) is 0 Å². The van der Waals surface area contributed by atoms with Gasteiger partial charge in [0.15, 0.2) is 0 Å². The Balaban J connectivity index is 2.06. The van der Waals surface area contributed by atoms with Crippen molar-refractivity contribution in [3.8, 4) is 0 Å². The van der Waals surface area contributed by atoms with Crippen molar-refractivity contribution in [2.45, 2.75) is 18.9 Å². The Morgan fingerprint density at radius 1 is 1.24 bits per heavy atom. The molecule has 1 aromatic heterocycles. The summed E-state index contributed by atoms with van der Waals surface area (Å²) in [4.78, 5) is 4.38. The van der Waals surface area contributed by atoms with E-state index in [1.54, 1.807) is 0 Å². The Hall–Kier alpha value is -1.41. The van der Waals surface area contributed by atoms with Crippen LogP contribution in [0.4, 0.5) is 0 Å². The molecular formula is C15H19N2+. The highest BCUT2D eigenvalue weighted by atomic mass is 15.3. The van der Waals surface area contributed by atoms with Crippen LogP contribution in [0.3, 0.4) is 0 Å². The van der Waals surface area contributed by atoms with E-state index in [-0.39, 0.29) is 0 Å². The number of hydrogen-bond donors (Lipinski definition) is 0. The van der Waals surface area contributed by atoms with Crippen molar-refractivity contribution in [3.63, 3.8) is 0 Å². The van der Waals surface area contributed by atoms with Gasteiger partial charge in [0, 0.05) is 30.0 Å². The maximum atomic E-state index is 4.38. The van der Waals surface area contributed by atoms with E-state index in [9.17, 15) is 0 Å². The average Bonchev–Trinajstić information content (AvgIpc) is 2.68. The van der Waals surface area contributed by atoms with Gasteiger partial charge in [-0.3, -0.25) is 4.98 Å². The molecule has 2 aromatic rings. The number of rotatable bonds is 1. The molecule has 88 valence electrons. The number of benzene rings is 1. The molecule has 0 aliphatic carbocycles. The quantitative estimate of drug-likeness (QED) is 0.682. The third-order valence-electron chi connectivity index (χ3n) is 4.07. The standard InChI is InChI=1S/C15H19N2/c1-17(2)10-4-6-15(17)13-7-8-14-12(11-13)5-3-9-16-14/h3,5,7-9,11,15H,4,6,10H2,1-2H3/q+1/t15-/m1/s1. The van der Waals surface area contributed by atoms with Crippen molar-refractivity contribution >= 4 is 10.9 Å². The monoisotopic (exact) mass is 227 g/mol. The molecule has 2 nitrogen and oxygen atoms in total. The zero-order chi connectivity index (χ0) is 11.9. The van der Waals surface area contributed by atoms with Crippen LogP contribution < -0.4 is 0 Å². The van der Waals surface area contributed by atoms with Gasteiger partial charge in [0.25, 0.3) is 0 Å². The van der Waals surface area contributed by atoms with E-state index in [0.29, 0.717) is 6.04 Å². The molecule has 17 heavy (non-hydrogen) atoms. The van der Waals surface area contributed by atoms with Crippen molar-refractivity contribution < 1.29 is 4.48 Å². The predicted molar refractivity (Wildman–Crippen MR) is 70.7 cm³/mol. The van der Waals surface area contributed by atoms with E-state index in [0.717, 1.165) is 10.00 Å². The average molecular weight is 227 g/mol. The van der Waals surface area contributed by atoms with Crippen LogP contribution in [0.15, 0.2) is 36.5 Å². The van der Waals surface area contributed by atoms with Crippen LogP contribution in [-0.4, -0.2) is 30.1 Å². The van der Waals surface area contributed by atoms with Crippen LogP contribution in [0.5, 0.6) is 0 Å². The summed E-state index contributed by atoms with van der Waals surface area (Å²) in [5, 5.41) is 1.26. The molecule has 1 atom stereocenters. The van der Waals surface area contributed by atoms with Crippen LogP contribution >= 0.6 is 0 Å². The highest BCUT2D eigenvalue weighted by Gasteiger charge is 2.35. The lowest BCUT2D eigenvalue weighted by molar-refractivity contribution is -0.908. The number of quaternary nitrogens is 1. The minimum absolute atomic E-state index is 0.652. The van der Waals surface area contributed by atoms with Crippen molar-refractivity contribution in [1.82, 2.24) is 4.98 Å². The summed E-state index contributed by atoms with van der Waals surface area (Å²) in [7, 11) is 4.68. The molecule has 0 radical (unpaired) electrons. The molecule has 1 saturated heterocycles. The van der Waals surface area contributed by atoms with Crippen molar-refractivity contribution in [2.75, 3.05) is 20.6 Å². The summed E-state index contributed by atoms with van der Waals surface area (Å²) < 4.78 is 1.12. The summed E-state index contributed by atoms with van der Waals surface area (Å²) in [5.41, 5.74) is 2.56. The number of pyridine rings is 1. The Morgan fingerprint density at radius 2 is 2.12 bits per heavy atom. The van der Waals surface area contributed by atoms with E-state index < -0.39 is 0 Å². The van der Waals surface area contributed by atoms with Crippen LogP contribution in [-0.2, 0) is 0 Å². The lowest BCUT2D eigenvalue weighted by Gasteiger charge is -2.31. The first-order chi connectivity index (χ1) is 8.17. The molecule has 2 heterocycles. The van der Waals surface area contributed by atoms with Crippen LogP contribution in [0.25, 0.3) is 10.9 Å². The van der Waals surface area contributed by atoms with Crippen LogP contribution in [0, 0.1) is 0 Å². The van der Waals surface area contributed by atoms with Gasteiger partial charge >= 0.3 is 0 Å². The number of hydrogen-bond acceptors (Lipinski definition) is 1. The molecular weight excluding hydrogens is 208 g/mol. The van der Waals surface area contributed by atoms with E-state index in [2.05, 4.69) is 43.3 Å². The number of fused-ring (bicyclic) bond motifs is 1. The Morgan fingerprint density at radius 3 is 2.88 bits per heavy atom. The normalized spacial score (nSPS) is 23.1. The first-order valence-corrected chi connectivity index (χ1v) is 6.34. The van der Waals surface area contributed by atoms with Gasteiger partial charge in [-0.1, -0.05) is 12.1 Å². The smallest absolute Gasteiger partial charge is 0.114 e. The van der Waals surface area contributed by atoms with Gasteiger partial charge in [0.1, 0.15) is 6.04 Å². The summed E-state index contributed by atoms with van der Waals surface area (Å²) in [6, 6.07) is 11.5. The predicted octanol–water partition coefficient (Wildman–Crippen LogP) is 3.15. The van der Waals surface area contributed by atoms with E-state index in [1.165, 1.54) is 30.3 Å². The van der Waals surface area contributed by atoms with Crippen molar-refractivity contribution in [1.29, 1.82) is 0 Å². The molecule has 1 aromatic carbocycles. The number of aromatic nitrogens is 1. The second-order valence-corrected chi connectivity index (χ2v) is 5.62.